The maximum Gasteiger partial charge on any atom is 0.242 e. The van der Waals surface area contributed by atoms with E-state index in [9.17, 15) is 8.42 Å². The molecule has 1 aromatic carbocycles. The van der Waals surface area contributed by atoms with E-state index in [1.54, 1.807) is 12.1 Å². The minimum atomic E-state index is -3.55. The topological polar surface area (TPSA) is 75.4 Å². The number of nitrogens with zero attached hydrogens (tertiary/aromatic N) is 1. The predicted octanol–water partition coefficient (Wildman–Crippen LogP) is 1.79. The summed E-state index contributed by atoms with van der Waals surface area (Å²) in [6.07, 6.45) is 2.38. The first-order valence-electron chi connectivity index (χ1n) is 6.69. The molecule has 0 bridgehead atoms. The largest absolute Gasteiger partial charge is 0.398 e. The molecular formula is C13H20BrN3O2S. The number of nitrogens with one attached hydrogen (secondary N) is 1. The Kier molecular flexibility index (Phi) is 5.06. The van der Waals surface area contributed by atoms with Crippen molar-refractivity contribution < 1.29 is 8.42 Å². The summed E-state index contributed by atoms with van der Waals surface area (Å²) < 4.78 is 27.9. The predicted molar refractivity (Wildman–Crippen MR) is 84.0 cm³/mol. The molecule has 0 aromatic heterocycles. The summed E-state index contributed by atoms with van der Waals surface area (Å²) in [5.41, 5.74) is 6.03. The van der Waals surface area contributed by atoms with Gasteiger partial charge in [0.15, 0.2) is 0 Å². The molecule has 112 valence electrons. The second-order valence-corrected chi connectivity index (χ2v) is 7.78. The van der Waals surface area contributed by atoms with Crippen molar-refractivity contribution in [1.29, 1.82) is 0 Å². The van der Waals surface area contributed by atoms with Gasteiger partial charge in [0.05, 0.1) is 5.69 Å². The highest BCUT2D eigenvalue weighted by Crippen LogP contribution is 2.22. The van der Waals surface area contributed by atoms with E-state index in [1.807, 2.05) is 6.92 Å². The summed E-state index contributed by atoms with van der Waals surface area (Å²) in [7, 11) is -3.55. The molecule has 1 fully saturated rings. The molecule has 0 spiro atoms. The molecule has 1 aromatic rings. The zero-order valence-corrected chi connectivity index (χ0v) is 13.9. The molecule has 1 atom stereocenters. The van der Waals surface area contributed by atoms with E-state index >= 15 is 0 Å². The Hall–Kier alpha value is -0.630. The second-order valence-electron chi connectivity index (χ2n) is 5.13. The van der Waals surface area contributed by atoms with Crippen molar-refractivity contribution in [3.63, 3.8) is 0 Å². The summed E-state index contributed by atoms with van der Waals surface area (Å²) in [6.45, 7) is 4.53. The van der Waals surface area contributed by atoms with Crippen LogP contribution in [0.25, 0.3) is 0 Å². The molecule has 0 amide bonds. The second kappa shape index (κ2) is 6.43. The maximum absolute atomic E-state index is 12.3. The lowest BCUT2D eigenvalue weighted by molar-refractivity contribution is 0.260. The molecule has 5 nitrogen and oxygen atoms in total. The third kappa shape index (κ3) is 3.72. The summed E-state index contributed by atoms with van der Waals surface area (Å²) >= 11 is 3.27. The van der Waals surface area contributed by atoms with Crippen LogP contribution in [0, 0.1) is 0 Å². The van der Waals surface area contributed by atoms with Crippen molar-refractivity contribution in [2.45, 2.75) is 30.7 Å². The standard InChI is InChI=1S/C13H20BrN3O2S/c1-10(17-6-2-3-7-17)9-16-20(18,19)13-5-4-11(14)8-12(13)15/h4-5,8,10,16H,2-3,6-7,9,15H2,1H3. The van der Waals surface area contributed by atoms with E-state index in [0.29, 0.717) is 6.54 Å². The Morgan fingerprint density at radius 1 is 1.40 bits per heavy atom. The molecular weight excluding hydrogens is 342 g/mol. The first-order chi connectivity index (χ1) is 9.40. The lowest BCUT2D eigenvalue weighted by atomic mass is 10.3. The summed E-state index contributed by atoms with van der Waals surface area (Å²) in [5.74, 6) is 0. The molecule has 3 N–H and O–H groups in total. The van der Waals surface area contributed by atoms with Crippen molar-refractivity contribution in [3.8, 4) is 0 Å². The first kappa shape index (κ1) is 15.8. The van der Waals surface area contributed by atoms with Crippen LogP contribution in [0.3, 0.4) is 0 Å². The van der Waals surface area contributed by atoms with E-state index in [2.05, 4.69) is 25.6 Å². The number of nitrogens with two attached hydrogens (primary N) is 1. The normalized spacial score (nSPS) is 18.3. The summed E-state index contributed by atoms with van der Waals surface area (Å²) in [6, 6.07) is 4.99. The van der Waals surface area contributed by atoms with Crippen LogP contribution in [-0.4, -0.2) is 39.0 Å². The number of halogens is 1. The van der Waals surface area contributed by atoms with Crippen LogP contribution in [0.15, 0.2) is 27.6 Å². The summed E-state index contributed by atoms with van der Waals surface area (Å²) in [4.78, 5) is 2.43. The Bertz CT molecular complexity index is 571. The van der Waals surface area contributed by atoms with Gasteiger partial charge in [0.1, 0.15) is 4.90 Å². The molecule has 1 aliphatic heterocycles. The molecule has 0 radical (unpaired) electrons. The van der Waals surface area contributed by atoms with Gasteiger partial charge in [-0.15, -0.1) is 0 Å². The van der Waals surface area contributed by atoms with Gasteiger partial charge in [0, 0.05) is 17.1 Å². The number of hydrogen-bond donors (Lipinski definition) is 2. The number of hydrogen-bond acceptors (Lipinski definition) is 4. The summed E-state index contributed by atoms with van der Waals surface area (Å²) in [5, 5.41) is 0. The molecule has 1 unspecified atom stereocenters. The minimum absolute atomic E-state index is 0.134. The highest BCUT2D eigenvalue weighted by Gasteiger charge is 2.22. The molecule has 2 rings (SSSR count). The quantitative estimate of drug-likeness (QED) is 0.784. The Balaban J connectivity index is 2.03. The number of sulfonamides is 1. The van der Waals surface area contributed by atoms with Crippen molar-refractivity contribution >= 4 is 31.6 Å². The highest BCUT2D eigenvalue weighted by atomic mass is 79.9. The van der Waals surface area contributed by atoms with Gasteiger partial charge < -0.3 is 5.73 Å². The number of benzene rings is 1. The van der Waals surface area contributed by atoms with Gasteiger partial charge in [0.2, 0.25) is 10.0 Å². The third-order valence-electron chi connectivity index (χ3n) is 3.59. The SMILES string of the molecule is CC(CNS(=O)(=O)c1ccc(Br)cc1N)N1CCCC1. The zero-order chi connectivity index (χ0) is 14.8. The van der Waals surface area contributed by atoms with Crippen molar-refractivity contribution in [2.24, 2.45) is 0 Å². The molecule has 0 aliphatic carbocycles. The van der Waals surface area contributed by atoms with Gasteiger partial charge in [-0.25, -0.2) is 13.1 Å². The smallest absolute Gasteiger partial charge is 0.242 e. The van der Waals surface area contributed by atoms with E-state index < -0.39 is 10.0 Å². The number of anilines is 1. The Morgan fingerprint density at radius 3 is 2.65 bits per heavy atom. The Labute approximate surface area is 128 Å². The molecule has 7 heteroatoms. The zero-order valence-electron chi connectivity index (χ0n) is 11.5. The minimum Gasteiger partial charge on any atom is -0.398 e. The van der Waals surface area contributed by atoms with Gasteiger partial charge in [-0.1, -0.05) is 15.9 Å². The van der Waals surface area contributed by atoms with Gasteiger partial charge in [-0.2, -0.15) is 0 Å². The lowest BCUT2D eigenvalue weighted by Gasteiger charge is -2.23. The van der Waals surface area contributed by atoms with Gasteiger partial charge in [-0.3, -0.25) is 4.90 Å². The Morgan fingerprint density at radius 2 is 2.05 bits per heavy atom. The number of likely N-dealkylation sites (tertiary alicyclic amines) is 1. The molecule has 0 saturated carbocycles. The fourth-order valence-corrected chi connectivity index (χ4v) is 3.99. The molecule has 20 heavy (non-hydrogen) atoms. The number of rotatable bonds is 5. The van der Waals surface area contributed by atoms with Crippen LogP contribution in [0.1, 0.15) is 19.8 Å². The first-order valence-corrected chi connectivity index (χ1v) is 8.96. The fourth-order valence-electron chi connectivity index (χ4n) is 2.38. The molecule has 1 saturated heterocycles. The van der Waals surface area contributed by atoms with E-state index in [0.717, 1.165) is 17.6 Å². The van der Waals surface area contributed by atoms with Crippen LogP contribution >= 0.6 is 15.9 Å². The average Bonchev–Trinajstić information content (AvgIpc) is 2.89. The van der Waals surface area contributed by atoms with E-state index in [-0.39, 0.29) is 16.6 Å². The van der Waals surface area contributed by atoms with Crippen LogP contribution in [0.4, 0.5) is 5.69 Å². The van der Waals surface area contributed by atoms with Crippen LogP contribution in [0.2, 0.25) is 0 Å². The number of nitrogen functional groups attached to an aromatic ring is 1. The highest BCUT2D eigenvalue weighted by molar-refractivity contribution is 9.10. The van der Waals surface area contributed by atoms with E-state index in [1.165, 1.54) is 18.9 Å². The van der Waals surface area contributed by atoms with Gasteiger partial charge >= 0.3 is 0 Å². The fraction of sp³-hybridized carbons (Fsp3) is 0.538. The van der Waals surface area contributed by atoms with Gasteiger partial charge in [0.25, 0.3) is 0 Å². The molecule has 1 heterocycles. The van der Waals surface area contributed by atoms with Crippen molar-refractivity contribution in [1.82, 2.24) is 9.62 Å². The monoisotopic (exact) mass is 361 g/mol. The average molecular weight is 362 g/mol. The van der Waals surface area contributed by atoms with E-state index in [4.69, 9.17) is 5.73 Å². The van der Waals surface area contributed by atoms with Crippen LogP contribution < -0.4 is 10.5 Å². The van der Waals surface area contributed by atoms with Crippen LogP contribution in [0.5, 0.6) is 0 Å². The third-order valence-corrected chi connectivity index (χ3v) is 5.58. The van der Waals surface area contributed by atoms with Crippen molar-refractivity contribution in [2.75, 3.05) is 25.4 Å². The van der Waals surface area contributed by atoms with Gasteiger partial charge in [-0.05, 0) is 51.1 Å². The van der Waals surface area contributed by atoms with Crippen LogP contribution in [-0.2, 0) is 10.0 Å². The maximum atomic E-state index is 12.3. The molecule has 1 aliphatic rings. The lowest BCUT2D eigenvalue weighted by Crippen LogP contribution is -2.40. The van der Waals surface area contributed by atoms with Crippen molar-refractivity contribution in [3.05, 3.63) is 22.7 Å².